The van der Waals surface area contributed by atoms with Gasteiger partial charge in [0.2, 0.25) is 0 Å². The molecule has 0 radical (unpaired) electrons. The minimum absolute atomic E-state index is 0.0616. The average molecular weight is 284 g/mol. The molecule has 1 heterocycles. The van der Waals surface area contributed by atoms with Gasteiger partial charge in [-0.1, -0.05) is 0 Å². The number of aryl methyl sites for hydroxylation is 3. The minimum Gasteiger partial charge on any atom is -0.481 e. The van der Waals surface area contributed by atoms with E-state index in [1.54, 1.807) is 11.3 Å². The Bertz CT molecular complexity index is 434. The Labute approximate surface area is 117 Å². The molecule has 0 aliphatic rings. The largest absolute Gasteiger partial charge is 0.481 e. The van der Waals surface area contributed by atoms with Gasteiger partial charge in [-0.15, -0.1) is 11.3 Å². The van der Waals surface area contributed by atoms with Gasteiger partial charge in [-0.2, -0.15) is 0 Å². The summed E-state index contributed by atoms with van der Waals surface area (Å²) in [5, 5.41) is 17.5. The van der Waals surface area contributed by atoms with Crippen molar-refractivity contribution in [3.05, 3.63) is 21.4 Å². The quantitative estimate of drug-likeness (QED) is 0.768. The Morgan fingerprint density at radius 3 is 2.21 bits per heavy atom. The summed E-state index contributed by atoms with van der Waals surface area (Å²) in [6, 6.07) is 2.16. The Kier molecular flexibility index (Phi) is 6.02. The van der Waals surface area contributed by atoms with E-state index in [2.05, 4.69) is 19.9 Å². The first-order valence-electron chi connectivity index (χ1n) is 6.38. The van der Waals surface area contributed by atoms with Crippen molar-refractivity contribution in [1.29, 1.82) is 0 Å². The zero-order valence-electron chi connectivity index (χ0n) is 11.3. The summed E-state index contributed by atoms with van der Waals surface area (Å²) in [4.78, 5) is 24.0. The number of carboxylic acids is 2. The first-order chi connectivity index (χ1) is 8.88. The molecule has 2 N–H and O–H groups in total. The molecule has 0 spiro atoms. The molecule has 1 aromatic rings. The SMILES string of the molecule is Cc1cc(CCCC(CC(=O)O)CC(=O)O)c(C)s1. The summed E-state index contributed by atoms with van der Waals surface area (Å²) in [5.74, 6) is -2.11. The average Bonchev–Trinajstić information content (AvgIpc) is 2.55. The lowest BCUT2D eigenvalue weighted by Crippen LogP contribution is -2.13. The normalized spacial score (nSPS) is 10.9. The molecule has 0 amide bonds. The van der Waals surface area contributed by atoms with E-state index < -0.39 is 11.9 Å². The van der Waals surface area contributed by atoms with Crippen molar-refractivity contribution in [2.45, 2.75) is 46.0 Å². The molecule has 1 rings (SSSR count). The maximum atomic E-state index is 10.7. The van der Waals surface area contributed by atoms with Crippen LogP contribution in [-0.4, -0.2) is 22.2 Å². The van der Waals surface area contributed by atoms with Crippen LogP contribution in [0, 0.1) is 19.8 Å². The third kappa shape index (κ3) is 5.87. The van der Waals surface area contributed by atoms with Crippen LogP contribution in [0.4, 0.5) is 0 Å². The van der Waals surface area contributed by atoms with Crippen molar-refractivity contribution >= 4 is 23.3 Å². The second kappa shape index (κ2) is 7.28. The second-order valence-corrected chi connectivity index (χ2v) is 6.35. The molecular weight excluding hydrogens is 264 g/mol. The molecule has 0 saturated carbocycles. The summed E-state index contributed by atoms with van der Waals surface area (Å²) in [6.45, 7) is 4.15. The highest BCUT2D eigenvalue weighted by molar-refractivity contribution is 7.12. The molecule has 0 aliphatic carbocycles. The van der Waals surface area contributed by atoms with Gasteiger partial charge in [0.15, 0.2) is 0 Å². The lowest BCUT2D eigenvalue weighted by molar-refractivity contribution is -0.140. The monoisotopic (exact) mass is 284 g/mol. The minimum atomic E-state index is -0.922. The molecular formula is C14H20O4S. The first-order valence-corrected chi connectivity index (χ1v) is 7.19. The molecule has 0 saturated heterocycles. The van der Waals surface area contributed by atoms with Gasteiger partial charge in [0.25, 0.3) is 0 Å². The van der Waals surface area contributed by atoms with Crippen LogP contribution in [-0.2, 0) is 16.0 Å². The fraction of sp³-hybridized carbons (Fsp3) is 0.571. The third-order valence-corrected chi connectivity index (χ3v) is 4.14. The van der Waals surface area contributed by atoms with Crippen LogP contribution in [0.15, 0.2) is 6.07 Å². The van der Waals surface area contributed by atoms with E-state index in [1.807, 2.05) is 0 Å². The molecule has 4 nitrogen and oxygen atoms in total. The number of carboxylic acid groups (broad SMARTS) is 2. The van der Waals surface area contributed by atoms with Crippen molar-refractivity contribution < 1.29 is 19.8 Å². The second-order valence-electron chi connectivity index (χ2n) is 4.89. The van der Waals surface area contributed by atoms with Gasteiger partial charge in [0.05, 0.1) is 0 Å². The van der Waals surface area contributed by atoms with Gasteiger partial charge in [-0.25, -0.2) is 0 Å². The van der Waals surface area contributed by atoms with Crippen LogP contribution in [0.1, 0.15) is 41.0 Å². The molecule has 0 aromatic carbocycles. The fourth-order valence-electron chi connectivity index (χ4n) is 2.28. The number of hydrogen-bond acceptors (Lipinski definition) is 3. The van der Waals surface area contributed by atoms with Crippen molar-refractivity contribution in [1.82, 2.24) is 0 Å². The molecule has 106 valence electrons. The smallest absolute Gasteiger partial charge is 0.303 e. The molecule has 0 fully saturated rings. The molecule has 0 atom stereocenters. The van der Waals surface area contributed by atoms with Gasteiger partial charge in [-0.3, -0.25) is 9.59 Å². The number of carbonyl (C=O) groups is 2. The Hall–Kier alpha value is -1.36. The molecule has 0 unspecified atom stereocenters. The molecule has 5 heteroatoms. The zero-order valence-corrected chi connectivity index (χ0v) is 12.1. The van der Waals surface area contributed by atoms with Crippen molar-refractivity contribution in [3.8, 4) is 0 Å². The zero-order chi connectivity index (χ0) is 14.4. The van der Waals surface area contributed by atoms with E-state index in [0.717, 1.165) is 12.8 Å². The summed E-state index contributed by atoms with van der Waals surface area (Å²) in [6.07, 6.45) is 2.25. The maximum Gasteiger partial charge on any atom is 0.303 e. The highest BCUT2D eigenvalue weighted by Crippen LogP contribution is 2.24. The van der Waals surface area contributed by atoms with E-state index in [4.69, 9.17) is 10.2 Å². The van der Waals surface area contributed by atoms with Crippen molar-refractivity contribution in [2.24, 2.45) is 5.92 Å². The first kappa shape index (κ1) is 15.7. The highest BCUT2D eigenvalue weighted by Gasteiger charge is 2.17. The number of rotatable bonds is 8. The van der Waals surface area contributed by atoms with Crippen LogP contribution < -0.4 is 0 Å². The van der Waals surface area contributed by atoms with Crippen LogP contribution in [0.3, 0.4) is 0 Å². The lowest BCUT2D eigenvalue weighted by Gasteiger charge is -2.11. The summed E-state index contributed by atoms with van der Waals surface area (Å²) >= 11 is 1.76. The molecule has 0 bridgehead atoms. The number of hydrogen-bond donors (Lipinski definition) is 2. The van der Waals surface area contributed by atoms with E-state index in [1.165, 1.54) is 15.3 Å². The third-order valence-electron chi connectivity index (χ3n) is 3.13. The van der Waals surface area contributed by atoms with Gasteiger partial charge < -0.3 is 10.2 Å². The maximum absolute atomic E-state index is 10.7. The molecule has 1 aromatic heterocycles. The predicted octanol–water partition coefficient (Wildman–Crippen LogP) is 3.25. The van der Waals surface area contributed by atoms with Crippen LogP contribution in [0.25, 0.3) is 0 Å². The van der Waals surface area contributed by atoms with Crippen LogP contribution >= 0.6 is 11.3 Å². The number of aliphatic carboxylic acids is 2. The van der Waals surface area contributed by atoms with E-state index >= 15 is 0 Å². The Balaban J connectivity index is 2.45. The number of thiophene rings is 1. The van der Waals surface area contributed by atoms with Crippen molar-refractivity contribution in [2.75, 3.05) is 0 Å². The van der Waals surface area contributed by atoms with Crippen LogP contribution in [0.2, 0.25) is 0 Å². The standard InChI is InChI=1S/C14H20O4S/c1-9-6-12(10(2)19-9)5-3-4-11(7-13(15)16)8-14(17)18/h6,11H,3-5,7-8H2,1-2H3,(H,15,16)(H,17,18). The Morgan fingerprint density at radius 2 is 1.79 bits per heavy atom. The Morgan fingerprint density at radius 1 is 1.21 bits per heavy atom. The molecule has 19 heavy (non-hydrogen) atoms. The van der Waals surface area contributed by atoms with E-state index in [9.17, 15) is 9.59 Å². The summed E-state index contributed by atoms with van der Waals surface area (Å²) in [5.41, 5.74) is 1.30. The summed E-state index contributed by atoms with van der Waals surface area (Å²) in [7, 11) is 0. The van der Waals surface area contributed by atoms with Gasteiger partial charge in [0.1, 0.15) is 0 Å². The van der Waals surface area contributed by atoms with Gasteiger partial charge in [0, 0.05) is 22.6 Å². The van der Waals surface area contributed by atoms with Gasteiger partial charge in [-0.05, 0) is 50.7 Å². The highest BCUT2D eigenvalue weighted by atomic mass is 32.1. The fourth-order valence-corrected chi connectivity index (χ4v) is 3.26. The molecule has 0 aliphatic heterocycles. The van der Waals surface area contributed by atoms with E-state index in [0.29, 0.717) is 6.42 Å². The summed E-state index contributed by atoms with van der Waals surface area (Å²) < 4.78 is 0. The topological polar surface area (TPSA) is 74.6 Å². The van der Waals surface area contributed by atoms with Gasteiger partial charge >= 0.3 is 11.9 Å². The predicted molar refractivity (Wildman–Crippen MR) is 74.7 cm³/mol. The van der Waals surface area contributed by atoms with Crippen molar-refractivity contribution in [3.63, 3.8) is 0 Å². The van der Waals surface area contributed by atoms with Crippen LogP contribution in [0.5, 0.6) is 0 Å². The lowest BCUT2D eigenvalue weighted by atomic mass is 9.94. The van der Waals surface area contributed by atoms with E-state index in [-0.39, 0.29) is 18.8 Å².